The van der Waals surface area contributed by atoms with E-state index in [0.29, 0.717) is 0 Å². The number of hydrogen-bond donors (Lipinski definition) is 4. The standard InChI is InChI=1S/C11H14N2O8/c14-4-6-8(15)9(16)10(17)11(20-6)21-7-2-1-5(3-12-7)13(18)19/h1-3,6,8-11,14-17H,4H2/t6-,8+,9+,10-,11+/m1/s1. The van der Waals surface area contributed by atoms with Gasteiger partial charge in [0.05, 0.1) is 11.5 Å². The quantitative estimate of drug-likeness (QED) is 0.371. The molecule has 10 nitrogen and oxygen atoms in total. The topological polar surface area (TPSA) is 155 Å². The number of pyridine rings is 1. The van der Waals surface area contributed by atoms with Gasteiger partial charge in [-0.1, -0.05) is 0 Å². The summed E-state index contributed by atoms with van der Waals surface area (Å²) in [6, 6.07) is 2.34. The lowest BCUT2D eigenvalue weighted by Gasteiger charge is -2.39. The summed E-state index contributed by atoms with van der Waals surface area (Å²) in [5.74, 6) is -0.0788. The molecule has 0 spiro atoms. The Labute approximate surface area is 118 Å². The van der Waals surface area contributed by atoms with E-state index in [-0.39, 0.29) is 11.6 Å². The molecule has 10 heteroatoms. The number of nitrogens with zero attached hydrogens (tertiary/aromatic N) is 2. The van der Waals surface area contributed by atoms with Crippen LogP contribution in [0.25, 0.3) is 0 Å². The Morgan fingerprint density at radius 2 is 2.00 bits per heavy atom. The second kappa shape index (κ2) is 6.28. The van der Waals surface area contributed by atoms with E-state index in [1.54, 1.807) is 0 Å². The largest absolute Gasteiger partial charge is 0.445 e. The molecular weight excluding hydrogens is 288 g/mol. The first-order chi connectivity index (χ1) is 9.93. The number of aliphatic hydroxyl groups is 4. The second-order valence-electron chi connectivity index (χ2n) is 4.43. The molecule has 1 aliphatic rings. The maximum Gasteiger partial charge on any atom is 0.287 e. The lowest BCUT2D eigenvalue weighted by molar-refractivity contribution is -0.385. The van der Waals surface area contributed by atoms with Gasteiger partial charge in [0.1, 0.15) is 30.6 Å². The zero-order valence-electron chi connectivity index (χ0n) is 10.6. The summed E-state index contributed by atoms with van der Waals surface area (Å²) in [6.07, 6.45) is -6.16. The van der Waals surface area contributed by atoms with E-state index < -0.39 is 42.2 Å². The van der Waals surface area contributed by atoms with E-state index in [0.717, 1.165) is 12.3 Å². The smallest absolute Gasteiger partial charge is 0.287 e. The average molecular weight is 302 g/mol. The third-order valence-corrected chi connectivity index (χ3v) is 3.02. The van der Waals surface area contributed by atoms with Gasteiger partial charge in [-0.25, -0.2) is 4.98 Å². The summed E-state index contributed by atoms with van der Waals surface area (Å²) in [6.45, 7) is -0.585. The first-order valence-electron chi connectivity index (χ1n) is 6.01. The van der Waals surface area contributed by atoms with Gasteiger partial charge >= 0.3 is 0 Å². The van der Waals surface area contributed by atoms with E-state index in [2.05, 4.69) is 4.98 Å². The van der Waals surface area contributed by atoms with Gasteiger partial charge in [0.25, 0.3) is 5.69 Å². The van der Waals surface area contributed by atoms with Crippen LogP contribution in [0.15, 0.2) is 18.3 Å². The molecule has 0 amide bonds. The monoisotopic (exact) mass is 302 g/mol. The van der Waals surface area contributed by atoms with Crippen LogP contribution in [0, 0.1) is 10.1 Å². The molecule has 4 N–H and O–H groups in total. The van der Waals surface area contributed by atoms with Crippen LogP contribution in [0.3, 0.4) is 0 Å². The molecule has 0 bridgehead atoms. The number of aliphatic hydroxyl groups excluding tert-OH is 4. The van der Waals surface area contributed by atoms with Crippen molar-refractivity contribution in [3.8, 4) is 5.88 Å². The molecule has 0 saturated carbocycles. The van der Waals surface area contributed by atoms with Crippen LogP contribution in [0.4, 0.5) is 5.69 Å². The predicted octanol–water partition coefficient (Wildman–Crippen LogP) is -1.83. The Bertz CT molecular complexity index is 494. The summed E-state index contributed by atoms with van der Waals surface area (Å²) in [5, 5.41) is 48.4. The molecule has 1 saturated heterocycles. The van der Waals surface area contributed by atoms with Crippen molar-refractivity contribution in [2.45, 2.75) is 30.7 Å². The summed E-state index contributed by atoms with van der Waals surface area (Å²) in [7, 11) is 0. The Hall–Kier alpha value is -1.85. The molecular formula is C11H14N2O8. The van der Waals surface area contributed by atoms with Crippen molar-refractivity contribution in [1.82, 2.24) is 4.98 Å². The normalized spacial score (nSPS) is 32.7. The molecule has 1 fully saturated rings. The number of ether oxygens (including phenoxy) is 2. The van der Waals surface area contributed by atoms with Crippen LogP contribution in [0.2, 0.25) is 0 Å². The predicted molar refractivity (Wildman–Crippen MR) is 65.3 cm³/mol. The first kappa shape index (κ1) is 15.5. The molecule has 1 aromatic rings. The van der Waals surface area contributed by atoms with Crippen LogP contribution in [0.5, 0.6) is 5.88 Å². The van der Waals surface area contributed by atoms with Crippen molar-refractivity contribution < 1.29 is 34.8 Å². The minimum absolute atomic E-state index is 0.0788. The minimum atomic E-state index is -1.57. The fraction of sp³-hybridized carbons (Fsp3) is 0.545. The molecule has 0 aliphatic carbocycles. The summed E-state index contributed by atoms with van der Waals surface area (Å²) < 4.78 is 10.3. The zero-order chi connectivity index (χ0) is 15.6. The lowest BCUT2D eigenvalue weighted by Crippen LogP contribution is -2.60. The van der Waals surface area contributed by atoms with Crippen molar-refractivity contribution in [2.24, 2.45) is 0 Å². The number of hydrogen-bond acceptors (Lipinski definition) is 9. The molecule has 0 radical (unpaired) electrons. The average Bonchev–Trinajstić information content (AvgIpc) is 2.48. The third kappa shape index (κ3) is 3.25. The number of aromatic nitrogens is 1. The molecule has 2 rings (SSSR count). The van der Waals surface area contributed by atoms with E-state index in [9.17, 15) is 25.4 Å². The summed E-state index contributed by atoms with van der Waals surface area (Å²) in [5.41, 5.74) is -0.240. The molecule has 1 aliphatic heterocycles. The highest BCUT2D eigenvalue weighted by atomic mass is 16.7. The van der Waals surface area contributed by atoms with E-state index in [4.69, 9.17) is 14.6 Å². The molecule has 0 aromatic carbocycles. The van der Waals surface area contributed by atoms with Gasteiger partial charge in [0.15, 0.2) is 0 Å². The maximum absolute atomic E-state index is 10.5. The molecule has 0 unspecified atom stereocenters. The van der Waals surface area contributed by atoms with Crippen LogP contribution in [0.1, 0.15) is 0 Å². The summed E-state index contributed by atoms with van der Waals surface area (Å²) in [4.78, 5) is 13.5. The van der Waals surface area contributed by atoms with E-state index >= 15 is 0 Å². The SMILES string of the molecule is O=[N+]([O-])c1ccc(O[C@@H]2O[C@H](CO)[C@H](O)[C@H](O)[C@H]2O)nc1. The fourth-order valence-electron chi connectivity index (χ4n) is 1.83. The third-order valence-electron chi connectivity index (χ3n) is 3.02. The van der Waals surface area contributed by atoms with Gasteiger partial charge in [0.2, 0.25) is 12.2 Å². The van der Waals surface area contributed by atoms with Crippen molar-refractivity contribution in [3.63, 3.8) is 0 Å². The van der Waals surface area contributed by atoms with Crippen LogP contribution < -0.4 is 4.74 Å². The molecule has 21 heavy (non-hydrogen) atoms. The zero-order valence-corrected chi connectivity index (χ0v) is 10.6. The Kier molecular flexibility index (Phi) is 4.65. The van der Waals surface area contributed by atoms with Crippen molar-refractivity contribution in [3.05, 3.63) is 28.4 Å². The lowest BCUT2D eigenvalue weighted by atomic mass is 9.99. The van der Waals surface area contributed by atoms with Gasteiger partial charge in [-0.3, -0.25) is 10.1 Å². The van der Waals surface area contributed by atoms with Crippen molar-refractivity contribution in [2.75, 3.05) is 6.61 Å². The van der Waals surface area contributed by atoms with Gasteiger partial charge in [-0.05, 0) is 0 Å². The number of rotatable bonds is 4. The maximum atomic E-state index is 10.5. The molecule has 2 heterocycles. The van der Waals surface area contributed by atoms with Crippen LogP contribution >= 0.6 is 0 Å². The van der Waals surface area contributed by atoms with E-state index in [1.807, 2.05) is 0 Å². The van der Waals surface area contributed by atoms with Gasteiger partial charge < -0.3 is 29.9 Å². The second-order valence-corrected chi connectivity index (χ2v) is 4.43. The highest BCUT2D eigenvalue weighted by Gasteiger charge is 2.44. The molecule has 1 aromatic heterocycles. The van der Waals surface area contributed by atoms with Crippen LogP contribution in [-0.2, 0) is 4.74 Å². The fourth-order valence-corrected chi connectivity index (χ4v) is 1.83. The van der Waals surface area contributed by atoms with E-state index in [1.165, 1.54) is 6.07 Å². The first-order valence-corrected chi connectivity index (χ1v) is 6.01. The summed E-state index contributed by atoms with van der Waals surface area (Å²) >= 11 is 0. The Morgan fingerprint density at radius 1 is 1.29 bits per heavy atom. The highest BCUT2D eigenvalue weighted by Crippen LogP contribution is 2.24. The van der Waals surface area contributed by atoms with Crippen molar-refractivity contribution >= 4 is 5.69 Å². The van der Waals surface area contributed by atoms with Gasteiger partial charge in [-0.2, -0.15) is 0 Å². The molecule has 5 atom stereocenters. The number of nitro groups is 1. The van der Waals surface area contributed by atoms with Crippen molar-refractivity contribution in [1.29, 1.82) is 0 Å². The highest BCUT2D eigenvalue weighted by molar-refractivity contribution is 5.28. The Morgan fingerprint density at radius 3 is 2.52 bits per heavy atom. The Balaban J connectivity index is 2.08. The van der Waals surface area contributed by atoms with Crippen LogP contribution in [-0.4, -0.2) is 67.6 Å². The van der Waals surface area contributed by atoms with Gasteiger partial charge in [0, 0.05) is 12.1 Å². The molecule has 116 valence electrons. The minimum Gasteiger partial charge on any atom is -0.445 e. The van der Waals surface area contributed by atoms with Gasteiger partial charge in [-0.15, -0.1) is 0 Å².